The van der Waals surface area contributed by atoms with E-state index in [0.29, 0.717) is 24.1 Å². The summed E-state index contributed by atoms with van der Waals surface area (Å²) in [6.45, 7) is 1.41. The molecule has 3 aromatic carbocycles. The smallest absolute Gasteiger partial charge is 0.343 e. The van der Waals surface area contributed by atoms with Crippen LogP contribution in [0.1, 0.15) is 23.1 Å². The summed E-state index contributed by atoms with van der Waals surface area (Å²) >= 11 is 0. The molecule has 4 nitrogen and oxygen atoms in total. The van der Waals surface area contributed by atoms with Gasteiger partial charge in [0.15, 0.2) is 9.84 Å². The maximum atomic E-state index is 14.6. The summed E-state index contributed by atoms with van der Waals surface area (Å²) < 4.78 is 120. The average Bonchev–Trinajstić information content (AvgIpc) is 3.34. The summed E-state index contributed by atoms with van der Waals surface area (Å²) in [4.78, 5) is 12.5. The lowest BCUT2D eigenvalue weighted by molar-refractivity contribution is -0.348. The maximum absolute atomic E-state index is 14.6. The van der Waals surface area contributed by atoms with Gasteiger partial charge in [0.25, 0.3) is 0 Å². The number of hydrogen-bond acceptors (Lipinski definition) is 3. The standard InChI is InChI=1S/C27H22F7NO3S/c1-18-5-2-3-8-23(18)19-6-4-7-22(15-19)39(37,38)24(13-14-35(16-24)17-36)20-9-11-21(12-10-20)25(28,26(29,30)31)27(32,33)34/h2-12,15,17H,13-14,16H2,1H3. The molecule has 1 saturated heterocycles. The summed E-state index contributed by atoms with van der Waals surface area (Å²) in [7, 11) is -4.38. The van der Waals surface area contributed by atoms with Gasteiger partial charge in [-0.1, -0.05) is 60.7 Å². The fraction of sp³-hybridized carbons (Fsp3) is 0.296. The third-order valence-electron chi connectivity index (χ3n) is 7.12. The maximum Gasteiger partial charge on any atom is 0.435 e. The summed E-state index contributed by atoms with van der Waals surface area (Å²) in [6.07, 6.45) is -12.4. The second-order valence-corrected chi connectivity index (χ2v) is 11.7. The van der Waals surface area contributed by atoms with Crippen LogP contribution in [0.5, 0.6) is 0 Å². The number of likely N-dealkylation sites (tertiary alicyclic amines) is 1. The van der Waals surface area contributed by atoms with Gasteiger partial charge in [0.05, 0.1) is 4.90 Å². The zero-order chi connectivity index (χ0) is 28.9. The topological polar surface area (TPSA) is 54.5 Å². The van der Waals surface area contributed by atoms with Crippen molar-refractivity contribution >= 4 is 16.2 Å². The third kappa shape index (κ3) is 4.58. The number of alkyl halides is 7. The molecule has 0 spiro atoms. The summed E-state index contributed by atoms with van der Waals surface area (Å²) in [5.74, 6) is 0. The monoisotopic (exact) mass is 573 g/mol. The molecule has 12 heteroatoms. The highest BCUT2D eigenvalue weighted by atomic mass is 32.2. The Morgan fingerprint density at radius 2 is 1.46 bits per heavy atom. The molecule has 0 saturated carbocycles. The van der Waals surface area contributed by atoms with Gasteiger partial charge in [-0.3, -0.25) is 4.79 Å². The van der Waals surface area contributed by atoms with E-state index in [4.69, 9.17) is 0 Å². The molecule has 39 heavy (non-hydrogen) atoms. The minimum absolute atomic E-state index is 0.0277. The van der Waals surface area contributed by atoms with Crippen molar-refractivity contribution in [2.24, 2.45) is 0 Å². The second kappa shape index (κ2) is 9.65. The minimum atomic E-state index is -6.31. The molecule has 1 atom stereocenters. The summed E-state index contributed by atoms with van der Waals surface area (Å²) in [5, 5.41) is 0. The van der Waals surface area contributed by atoms with Crippen LogP contribution in [0.2, 0.25) is 0 Å². The molecule has 1 aliphatic heterocycles. The van der Waals surface area contributed by atoms with E-state index in [-0.39, 0.29) is 23.4 Å². The number of carbonyl (C=O) groups is 1. The Morgan fingerprint density at radius 1 is 0.846 bits per heavy atom. The van der Waals surface area contributed by atoms with E-state index in [9.17, 15) is 43.9 Å². The van der Waals surface area contributed by atoms with Crippen molar-refractivity contribution in [3.05, 3.63) is 89.5 Å². The summed E-state index contributed by atoms with van der Waals surface area (Å²) in [5.41, 5.74) is -5.35. The number of sulfone groups is 1. The van der Waals surface area contributed by atoms with E-state index in [1.165, 1.54) is 18.2 Å². The number of halogens is 7. The fourth-order valence-corrected chi connectivity index (χ4v) is 7.09. The Balaban J connectivity index is 1.85. The zero-order valence-corrected chi connectivity index (χ0v) is 21.2. The van der Waals surface area contributed by atoms with Crippen LogP contribution in [0.25, 0.3) is 11.1 Å². The molecule has 1 fully saturated rings. The SMILES string of the molecule is Cc1ccccc1-c1cccc(S(=O)(=O)C2(c3ccc(C(F)(C(F)(F)F)C(F)(F)F)cc3)CCN(C=O)C2)c1. The molecule has 0 radical (unpaired) electrons. The van der Waals surface area contributed by atoms with E-state index >= 15 is 0 Å². The van der Waals surface area contributed by atoms with Crippen molar-refractivity contribution in [3.8, 4) is 11.1 Å². The van der Waals surface area contributed by atoms with Crippen LogP contribution < -0.4 is 0 Å². The van der Waals surface area contributed by atoms with Crippen LogP contribution in [0.4, 0.5) is 30.7 Å². The van der Waals surface area contributed by atoms with Crippen LogP contribution in [-0.2, 0) is 25.0 Å². The molecule has 1 unspecified atom stereocenters. The fourth-order valence-electron chi connectivity index (χ4n) is 4.96. The normalized spacial score (nSPS) is 18.8. The Hall–Kier alpha value is -3.41. The number of rotatable bonds is 6. The van der Waals surface area contributed by atoms with Gasteiger partial charge in [-0.05, 0) is 47.7 Å². The Bertz CT molecular complexity index is 1470. The third-order valence-corrected chi connectivity index (χ3v) is 9.59. The van der Waals surface area contributed by atoms with Crippen molar-refractivity contribution in [1.29, 1.82) is 0 Å². The molecule has 4 rings (SSSR count). The van der Waals surface area contributed by atoms with Crippen LogP contribution in [-0.4, -0.2) is 45.2 Å². The number of hydrogen-bond donors (Lipinski definition) is 0. The number of carbonyl (C=O) groups excluding carboxylic acids is 1. The van der Waals surface area contributed by atoms with Gasteiger partial charge in [-0.25, -0.2) is 12.8 Å². The molecule has 0 N–H and O–H groups in total. The first-order chi connectivity index (χ1) is 18.1. The molecule has 3 aromatic rings. The van der Waals surface area contributed by atoms with Crippen molar-refractivity contribution in [2.45, 2.75) is 41.0 Å². The van der Waals surface area contributed by atoms with Crippen LogP contribution in [0.15, 0.2) is 77.7 Å². The quantitative estimate of drug-likeness (QED) is 0.251. The predicted molar refractivity (Wildman–Crippen MR) is 129 cm³/mol. The van der Waals surface area contributed by atoms with E-state index in [2.05, 4.69) is 0 Å². The predicted octanol–water partition coefficient (Wildman–Crippen LogP) is 6.48. The second-order valence-electron chi connectivity index (χ2n) is 9.40. The van der Waals surface area contributed by atoms with E-state index in [1.54, 1.807) is 18.2 Å². The van der Waals surface area contributed by atoms with Gasteiger partial charge in [0.2, 0.25) is 6.41 Å². The molecule has 0 bridgehead atoms. The Labute approximate surface area is 220 Å². The average molecular weight is 574 g/mol. The van der Waals surface area contributed by atoms with E-state index in [0.717, 1.165) is 28.2 Å². The van der Waals surface area contributed by atoms with Crippen molar-refractivity contribution in [1.82, 2.24) is 4.90 Å². The first kappa shape index (κ1) is 28.6. The highest BCUT2D eigenvalue weighted by Crippen LogP contribution is 2.53. The van der Waals surface area contributed by atoms with Crippen molar-refractivity contribution in [3.63, 3.8) is 0 Å². The van der Waals surface area contributed by atoms with Gasteiger partial charge in [-0.15, -0.1) is 0 Å². The molecular formula is C27H22F7NO3S. The van der Waals surface area contributed by atoms with Crippen LogP contribution >= 0.6 is 0 Å². The first-order valence-corrected chi connectivity index (χ1v) is 13.1. The van der Waals surface area contributed by atoms with Crippen molar-refractivity contribution < 1.29 is 43.9 Å². The lowest BCUT2D eigenvalue weighted by Crippen LogP contribution is -2.50. The minimum Gasteiger partial charge on any atom is -0.343 e. The molecule has 1 heterocycles. The first-order valence-electron chi connectivity index (χ1n) is 11.6. The number of aryl methyl sites for hydroxylation is 1. The molecule has 1 aliphatic rings. The highest BCUT2D eigenvalue weighted by Gasteiger charge is 2.73. The van der Waals surface area contributed by atoms with E-state index in [1.807, 2.05) is 19.1 Å². The number of nitrogens with zero attached hydrogens (tertiary/aromatic N) is 1. The van der Waals surface area contributed by atoms with Crippen LogP contribution in [0.3, 0.4) is 0 Å². The van der Waals surface area contributed by atoms with Crippen LogP contribution in [0, 0.1) is 6.92 Å². The van der Waals surface area contributed by atoms with Gasteiger partial charge in [0.1, 0.15) is 4.75 Å². The largest absolute Gasteiger partial charge is 0.435 e. The van der Waals surface area contributed by atoms with Gasteiger partial charge >= 0.3 is 18.0 Å². The molecule has 0 aromatic heterocycles. The molecule has 1 amide bonds. The van der Waals surface area contributed by atoms with Gasteiger partial charge in [0, 0.05) is 18.7 Å². The number of benzene rings is 3. The Kier molecular flexibility index (Phi) is 7.08. The molecule has 208 valence electrons. The zero-order valence-electron chi connectivity index (χ0n) is 20.4. The molecular weight excluding hydrogens is 551 g/mol. The molecule has 0 aliphatic carbocycles. The highest BCUT2D eigenvalue weighted by molar-refractivity contribution is 7.92. The lowest BCUT2D eigenvalue weighted by Gasteiger charge is -2.32. The summed E-state index contributed by atoms with van der Waals surface area (Å²) in [6, 6.07) is 15.3. The van der Waals surface area contributed by atoms with Crippen molar-refractivity contribution in [2.75, 3.05) is 13.1 Å². The number of amides is 1. The van der Waals surface area contributed by atoms with Gasteiger partial charge in [-0.2, -0.15) is 26.3 Å². The Morgan fingerprint density at radius 3 is 2.00 bits per heavy atom. The lowest BCUT2D eigenvalue weighted by atomic mass is 9.90. The van der Waals surface area contributed by atoms with E-state index < -0.39 is 44.7 Å². The van der Waals surface area contributed by atoms with Gasteiger partial charge < -0.3 is 4.90 Å².